The van der Waals surface area contributed by atoms with Crippen LogP contribution in [0.3, 0.4) is 0 Å². The number of pyridine rings is 11. The highest BCUT2D eigenvalue weighted by Gasteiger charge is 2.15. The molecule has 125 heavy (non-hydrogen) atoms. The van der Waals surface area contributed by atoms with Crippen LogP contribution in [0.1, 0.15) is 17.1 Å². The lowest BCUT2D eigenvalue weighted by atomic mass is 10.3. The fourth-order valence-corrected chi connectivity index (χ4v) is 11.8. The van der Waals surface area contributed by atoms with E-state index in [9.17, 15) is 8.78 Å². The first-order chi connectivity index (χ1) is 61.6. The molecule has 606 valence electrons. The number of aromatic nitrogens is 41. The summed E-state index contributed by atoms with van der Waals surface area (Å²) < 4.78 is 38.7. The molecule has 43 heteroatoms. The van der Waals surface area contributed by atoms with Crippen molar-refractivity contribution in [3.63, 3.8) is 0 Å². The molecule has 0 radical (unpaired) electrons. The van der Waals surface area contributed by atoms with Gasteiger partial charge in [0.25, 0.3) is 17.8 Å². The fourth-order valence-electron chi connectivity index (χ4n) is 11.8. The van der Waals surface area contributed by atoms with Gasteiger partial charge in [-0.1, -0.05) is 84.2 Å². The van der Waals surface area contributed by atoms with E-state index < -0.39 is 5.82 Å². The molecule has 0 saturated carbocycles. The maximum Gasteiger partial charge on any atom is 0.252 e. The van der Waals surface area contributed by atoms with Gasteiger partial charge in [-0.3, -0.25) is 44.9 Å². The zero-order valence-electron chi connectivity index (χ0n) is 65.5. The van der Waals surface area contributed by atoms with Gasteiger partial charge in [0.15, 0.2) is 17.5 Å². The molecule has 24 rings (SSSR count). The molecule has 0 atom stereocenters. The van der Waals surface area contributed by atoms with Gasteiger partial charge in [0, 0.05) is 85.2 Å². The molecule has 41 nitrogen and oxygen atoms in total. The van der Waals surface area contributed by atoms with Crippen molar-refractivity contribution < 1.29 is 8.78 Å². The first-order valence-electron chi connectivity index (χ1n) is 37.5. The number of hydrogen-bond acceptors (Lipinski definition) is 33. The van der Waals surface area contributed by atoms with E-state index in [1.165, 1.54) is 15.4 Å². The molecule has 2 aromatic carbocycles. The summed E-state index contributed by atoms with van der Waals surface area (Å²) >= 11 is 0. The zero-order valence-corrected chi connectivity index (χ0v) is 65.5. The molecule has 24 aromatic rings. The smallest absolute Gasteiger partial charge is 0.252 e. The fraction of sp³-hybridized carbons (Fsp3) is 0.0366. The number of halogens is 2. The van der Waals surface area contributed by atoms with Crippen molar-refractivity contribution in [2.75, 3.05) is 0 Å². The lowest BCUT2D eigenvalue weighted by Gasteiger charge is -1.99. The molecule has 0 spiro atoms. The van der Waals surface area contributed by atoms with Gasteiger partial charge in [0.1, 0.15) is 66.5 Å². The quantitative estimate of drug-likeness (QED) is 0.136. The van der Waals surface area contributed by atoms with Crippen LogP contribution in [0.5, 0.6) is 0 Å². The Morgan fingerprint density at radius 1 is 0.208 bits per heavy atom. The third-order valence-corrected chi connectivity index (χ3v) is 17.6. The normalized spacial score (nSPS) is 10.8. The molecular formula is C82H59F2N41. The predicted molar refractivity (Wildman–Crippen MR) is 448 cm³/mol. The van der Waals surface area contributed by atoms with E-state index in [4.69, 9.17) is 0 Å². The summed E-state index contributed by atoms with van der Waals surface area (Å²) in [5.74, 6) is 1.72. The van der Waals surface area contributed by atoms with E-state index in [2.05, 4.69) is 167 Å². The van der Waals surface area contributed by atoms with Crippen LogP contribution < -0.4 is 0 Å². The molecule has 0 fully saturated rings. The van der Waals surface area contributed by atoms with Gasteiger partial charge in [-0.25, -0.2) is 62.7 Å². The number of benzene rings is 2. The van der Waals surface area contributed by atoms with Crippen molar-refractivity contribution in [2.24, 2.45) is 0 Å². The van der Waals surface area contributed by atoms with Crippen molar-refractivity contribution in [1.29, 1.82) is 0 Å². The topological polar surface area (TPSA) is 465 Å². The Morgan fingerprint density at radius 3 is 1.00 bits per heavy atom. The lowest BCUT2D eigenvalue weighted by Crippen LogP contribution is -2.03. The van der Waals surface area contributed by atoms with E-state index in [-0.39, 0.29) is 11.8 Å². The first kappa shape index (κ1) is 78.9. The summed E-state index contributed by atoms with van der Waals surface area (Å²) in [6.07, 6.45) is 37.2. The second kappa shape index (κ2) is 37.3. The maximum atomic E-state index is 12.7. The van der Waals surface area contributed by atoms with Crippen LogP contribution in [0.25, 0.3) is 135 Å². The number of hydrogen-bond donors (Lipinski definition) is 0. The van der Waals surface area contributed by atoms with Crippen molar-refractivity contribution in [1.82, 2.24) is 205 Å². The molecular weight excluding hydrogens is 1600 g/mol. The van der Waals surface area contributed by atoms with Crippen molar-refractivity contribution >= 4 is 88.3 Å². The number of para-hydroxylation sites is 2. The van der Waals surface area contributed by atoms with Crippen molar-refractivity contribution in [3.05, 3.63) is 335 Å². The average Bonchev–Trinajstić information content (AvgIpc) is 1.60. The average molecular weight is 1660 g/mol. The second-order valence-electron chi connectivity index (χ2n) is 26.0. The lowest BCUT2D eigenvalue weighted by molar-refractivity contribution is 0.608. The molecule has 0 unspecified atom stereocenters. The van der Waals surface area contributed by atoms with E-state index in [0.29, 0.717) is 28.7 Å². The summed E-state index contributed by atoms with van der Waals surface area (Å²) in [5.41, 5.74) is 18.5. The van der Waals surface area contributed by atoms with Crippen LogP contribution in [-0.2, 0) is 0 Å². The molecule has 0 aliphatic heterocycles. The standard InChI is InChI=1S/C11H9N5.2C11H8N4.C10H7FN6.C10H6FN5.C10H8N6.C10H7N5.C9H6N6/c1-8-6-10-9(7-13-8)14-15-16(10)11-4-2-3-5-12-11;2*1-2-4-9(5-3-1)15-11-6-7-12-8-10(11)13-14-15;1-6-2-9-8(5-12-6)15-16-17(9)10-13-3-7(11)4-14-10;11-7-1-2-10(13-5-7)16-9-3-4-12-6-8(9)14-15-16;1-7-2-5-12-10(13-7)16-9-3-4-11-6-8(9)14-15-16;1-2-8(6-11-4-1)15-10-3-5-12-7-9(10)13-14-15;1-3-11-9(12-4-1)15-8-2-5-10-6-7(8)13-14-15/h2-7H,1H3;2*1-8H;2-5H,1H3;1-6H;2-6H,1H3;1-7H;1-6H. The molecule has 0 aliphatic rings. The van der Waals surface area contributed by atoms with Crippen LogP contribution in [0.2, 0.25) is 0 Å². The summed E-state index contributed by atoms with van der Waals surface area (Å²) in [7, 11) is 0. The largest absolute Gasteiger partial charge is 0.262 e. The van der Waals surface area contributed by atoms with Crippen LogP contribution in [0, 0.1) is 32.4 Å². The third-order valence-electron chi connectivity index (χ3n) is 17.6. The van der Waals surface area contributed by atoms with E-state index in [0.717, 1.165) is 136 Å². The Bertz CT molecular complexity index is 7210. The predicted octanol–water partition coefficient (Wildman–Crippen LogP) is 10.3. The molecule has 22 aromatic heterocycles. The maximum absolute atomic E-state index is 12.7. The molecule has 0 bridgehead atoms. The van der Waals surface area contributed by atoms with Gasteiger partial charge in [0.2, 0.25) is 0 Å². The van der Waals surface area contributed by atoms with E-state index in [1.807, 2.05) is 160 Å². The van der Waals surface area contributed by atoms with Crippen LogP contribution in [0.15, 0.2) is 306 Å². The van der Waals surface area contributed by atoms with Crippen molar-refractivity contribution in [3.8, 4) is 46.5 Å². The van der Waals surface area contributed by atoms with Gasteiger partial charge >= 0.3 is 0 Å². The second-order valence-corrected chi connectivity index (χ2v) is 26.0. The zero-order chi connectivity index (χ0) is 85.1. The molecule has 0 amide bonds. The number of fused-ring (bicyclic) bond motifs is 8. The summed E-state index contributed by atoms with van der Waals surface area (Å²) in [5, 5.41) is 64.1. The number of rotatable bonds is 8. The minimum atomic E-state index is -0.490. The summed E-state index contributed by atoms with van der Waals surface area (Å²) in [6.45, 7) is 5.71. The Morgan fingerprint density at radius 2 is 0.560 bits per heavy atom. The van der Waals surface area contributed by atoms with Crippen LogP contribution in [0.4, 0.5) is 8.78 Å². The van der Waals surface area contributed by atoms with Crippen molar-refractivity contribution in [2.45, 2.75) is 20.8 Å². The Balaban J connectivity index is 0.000000101. The Kier molecular flexibility index (Phi) is 23.6. The summed E-state index contributed by atoms with van der Waals surface area (Å²) in [6, 6.07) is 50.7. The molecule has 0 saturated heterocycles. The Hall–Kier alpha value is -18.6. The SMILES string of the molecule is Cc1cc2c(cn1)nnn2-c1ccccn1.Cc1cc2c(cn1)nnn2-c1ncc(F)cn1.Cc1ccnc(-n2nnc3cnccc32)n1.Fc1ccc(-n2nnc3cnccc32)nc1.c1ccc(-n2nnc3cnccc32)cc1.c1ccc(-n2nnc3cnccc32)cc1.c1cnc(-n2nnc3cnccc32)nc1.c1cncc(-n2nnc3cnccc32)c1. The third kappa shape index (κ3) is 18.4. The van der Waals surface area contributed by atoms with Gasteiger partial charge in [0.05, 0.1) is 119 Å². The van der Waals surface area contributed by atoms with Crippen LogP contribution in [-0.4, -0.2) is 205 Å². The van der Waals surface area contributed by atoms with E-state index >= 15 is 0 Å². The summed E-state index contributed by atoms with van der Waals surface area (Å²) in [4.78, 5) is 68.8. The van der Waals surface area contributed by atoms with Gasteiger partial charge < -0.3 is 0 Å². The molecule has 0 N–H and O–H groups in total. The first-order valence-corrected chi connectivity index (χ1v) is 37.5. The highest BCUT2D eigenvalue weighted by atomic mass is 19.1. The van der Waals surface area contributed by atoms with Gasteiger partial charge in [-0.15, -0.1) is 40.8 Å². The van der Waals surface area contributed by atoms with Gasteiger partial charge in [-0.05, 0) is 142 Å². The van der Waals surface area contributed by atoms with Crippen LogP contribution >= 0.6 is 0 Å². The molecule has 0 aliphatic carbocycles. The number of aryl methyl sites for hydroxylation is 3. The highest BCUT2D eigenvalue weighted by Crippen LogP contribution is 2.22. The minimum Gasteiger partial charge on any atom is -0.262 e. The minimum absolute atomic E-state index is 0.277. The number of nitrogens with zero attached hydrogens (tertiary/aromatic N) is 41. The van der Waals surface area contributed by atoms with E-state index in [1.54, 1.807) is 170 Å². The molecule has 22 heterocycles. The highest BCUT2D eigenvalue weighted by molar-refractivity contribution is 5.80. The monoisotopic (exact) mass is 1660 g/mol. The Labute approximate surface area is 700 Å². The van der Waals surface area contributed by atoms with Gasteiger partial charge in [-0.2, -0.15) is 23.4 Å².